The highest BCUT2D eigenvalue weighted by atomic mass is 14.6. The molecule has 1 aromatic rings. The summed E-state index contributed by atoms with van der Waals surface area (Å²) in [6.45, 7) is 3.24. The molecule has 1 aromatic carbocycles. The SMILES string of the molecule is CC1CCC(CN)(Cc2ccc3c(c2)CCC3)CC1. The van der Waals surface area contributed by atoms with Crippen molar-refractivity contribution in [2.24, 2.45) is 17.1 Å². The van der Waals surface area contributed by atoms with Crippen LogP contribution < -0.4 is 5.73 Å². The third kappa shape index (κ3) is 2.72. The number of nitrogens with two attached hydrogens (primary N) is 1. The topological polar surface area (TPSA) is 26.0 Å². The Morgan fingerprint density at radius 3 is 2.63 bits per heavy atom. The molecule has 0 unspecified atom stereocenters. The summed E-state index contributed by atoms with van der Waals surface area (Å²) in [5.41, 5.74) is 11.3. The van der Waals surface area contributed by atoms with E-state index in [1.165, 1.54) is 56.9 Å². The molecule has 2 N–H and O–H groups in total. The van der Waals surface area contributed by atoms with Gasteiger partial charge in [0.1, 0.15) is 0 Å². The zero-order valence-corrected chi connectivity index (χ0v) is 12.3. The van der Waals surface area contributed by atoms with Crippen LogP contribution in [0, 0.1) is 11.3 Å². The van der Waals surface area contributed by atoms with Gasteiger partial charge in [0.25, 0.3) is 0 Å². The van der Waals surface area contributed by atoms with E-state index in [1.807, 2.05) is 0 Å². The lowest BCUT2D eigenvalue weighted by Crippen LogP contribution is -2.36. The Bertz CT molecular complexity index is 441. The monoisotopic (exact) mass is 257 g/mol. The molecule has 1 nitrogen and oxygen atoms in total. The molecule has 0 amide bonds. The van der Waals surface area contributed by atoms with Crippen LogP contribution in [0.3, 0.4) is 0 Å². The number of rotatable bonds is 3. The van der Waals surface area contributed by atoms with Gasteiger partial charge < -0.3 is 5.73 Å². The predicted molar refractivity (Wildman–Crippen MR) is 81.3 cm³/mol. The van der Waals surface area contributed by atoms with Crippen LogP contribution in [0.2, 0.25) is 0 Å². The smallest absolute Gasteiger partial charge is 0.00173 e. The fourth-order valence-electron chi connectivity index (χ4n) is 4.00. The molecule has 0 saturated heterocycles. The maximum Gasteiger partial charge on any atom is -0.00173 e. The van der Waals surface area contributed by atoms with Crippen molar-refractivity contribution in [3.8, 4) is 0 Å². The summed E-state index contributed by atoms with van der Waals surface area (Å²) < 4.78 is 0. The van der Waals surface area contributed by atoms with Gasteiger partial charge in [-0.25, -0.2) is 0 Å². The van der Waals surface area contributed by atoms with Crippen LogP contribution in [0.4, 0.5) is 0 Å². The van der Waals surface area contributed by atoms with Crippen molar-refractivity contribution >= 4 is 0 Å². The zero-order chi connectivity index (χ0) is 13.3. The molecule has 0 aliphatic heterocycles. The number of hydrogen-bond acceptors (Lipinski definition) is 1. The average molecular weight is 257 g/mol. The molecule has 19 heavy (non-hydrogen) atoms. The van der Waals surface area contributed by atoms with E-state index in [-0.39, 0.29) is 0 Å². The summed E-state index contributed by atoms with van der Waals surface area (Å²) in [6.07, 6.45) is 10.5. The van der Waals surface area contributed by atoms with Gasteiger partial charge in [0, 0.05) is 0 Å². The van der Waals surface area contributed by atoms with Gasteiger partial charge in [-0.15, -0.1) is 0 Å². The molecule has 0 atom stereocenters. The number of benzene rings is 1. The molecule has 0 radical (unpaired) electrons. The highest BCUT2D eigenvalue weighted by Crippen LogP contribution is 2.41. The maximum absolute atomic E-state index is 6.14. The summed E-state index contributed by atoms with van der Waals surface area (Å²) in [6, 6.07) is 7.20. The van der Waals surface area contributed by atoms with Gasteiger partial charge in [0.05, 0.1) is 0 Å². The first-order valence-corrected chi connectivity index (χ1v) is 8.02. The van der Waals surface area contributed by atoms with E-state index in [2.05, 4.69) is 25.1 Å². The second-order valence-corrected chi connectivity index (χ2v) is 7.02. The Kier molecular flexibility index (Phi) is 3.66. The first-order chi connectivity index (χ1) is 9.21. The van der Waals surface area contributed by atoms with Gasteiger partial charge in [0.15, 0.2) is 0 Å². The van der Waals surface area contributed by atoms with Crippen LogP contribution in [-0.2, 0) is 19.3 Å². The standard InChI is InChI=1S/C18H27N/c1-14-7-9-18(13-19,10-8-14)12-15-5-6-16-3-2-4-17(16)11-15/h5-6,11,14H,2-4,7-10,12-13,19H2,1H3. The quantitative estimate of drug-likeness (QED) is 0.874. The first-order valence-electron chi connectivity index (χ1n) is 8.02. The second kappa shape index (κ2) is 5.28. The third-order valence-corrected chi connectivity index (χ3v) is 5.51. The predicted octanol–water partition coefficient (Wildman–Crippen LogP) is 3.87. The Morgan fingerprint density at radius 2 is 1.89 bits per heavy atom. The summed E-state index contributed by atoms with van der Waals surface area (Å²) in [5.74, 6) is 0.902. The van der Waals surface area contributed by atoms with Crippen molar-refractivity contribution in [2.45, 2.75) is 58.3 Å². The minimum atomic E-state index is 0.388. The van der Waals surface area contributed by atoms with Crippen molar-refractivity contribution in [2.75, 3.05) is 6.54 Å². The summed E-state index contributed by atoms with van der Waals surface area (Å²) in [4.78, 5) is 0. The van der Waals surface area contributed by atoms with Crippen LogP contribution >= 0.6 is 0 Å². The zero-order valence-electron chi connectivity index (χ0n) is 12.3. The van der Waals surface area contributed by atoms with E-state index in [4.69, 9.17) is 5.73 Å². The van der Waals surface area contributed by atoms with Gasteiger partial charge in [-0.3, -0.25) is 0 Å². The van der Waals surface area contributed by atoms with Crippen LogP contribution in [0.25, 0.3) is 0 Å². The molecule has 0 heterocycles. The van der Waals surface area contributed by atoms with Crippen LogP contribution in [-0.4, -0.2) is 6.54 Å². The molecule has 1 heteroatoms. The van der Waals surface area contributed by atoms with Gasteiger partial charge in [-0.05, 0) is 73.1 Å². The Hall–Kier alpha value is -0.820. The maximum atomic E-state index is 6.14. The number of fused-ring (bicyclic) bond motifs is 1. The van der Waals surface area contributed by atoms with E-state index in [0.717, 1.165) is 12.5 Å². The van der Waals surface area contributed by atoms with Crippen molar-refractivity contribution in [1.82, 2.24) is 0 Å². The van der Waals surface area contributed by atoms with Crippen LogP contribution in [0.1, 0.15) is 55.7 Å². The van der Waals surface area contributed by atoms with Crippen LogP contribution in [0.15, 0.2) is 18.2 Å². The molecular weight excluding hydrogens is 230 g/mol. The molecule has 104 valence electrons. The minimum absolute atomic E-state index is 0.388. The minimum Gasteiger partial charge on any atom is -0.330 e. The van der Waals surface area contributed by atoms with Crippen molar-refractivity contribution in [3.63, 3.8) is 0 Å². The van der Waals surface area contributed by atoms with Gasteiger partial charge in [-0.2, -0.15) is 0 Å². The molecule has 1 saturated carbocycles. The Balaban J connectivity index is 1.75. The summed E-state index contributed by atoms with van der Waals surface area (Å²) in [7, 11) is 0. The second-order valence-electron chi connectivity index (χ2n) is 7.02. The van der Waals surface area contributed by atoms with Gasteiger partial charge in [-0.1, -0.05) is 38.0 Å². The first kappa shape index (κ1) is 13.2. The van der Waals surface area contributed by atoms with E-state index in [9.17, 15) is 0 Å². The fourth-order valence-corrected chi connectivity index (χ4v) is 4.00. The highest BCUT2D eigenvalue weighted by molar-refractivity contribution is 5.35. The molecule has 0 spiro atoms. The molecule has 0 aromatic heterocycles. The van der Waals surface area contributed by atoms with E-state index < -0.39 is 0 Å². The van der Waals surface area contributed by atoms with E-state index in [0.29, 0.717) is 5.41 Å². The van der Waals surface area contributed by atoms with Gasteiger partial charge in [0.2, 0.25) is 0 Å². The average Bonchev–Trinajstić information content (AvgIpc) is 2.89. The lowest BCUT2D eigenvalue weighted by Gasteiger charge is -2.39. The number of hydrogen-bond donors (Lipinski definition) is 1. The Morgan fingerprint density at radius 1 is 1.16 bits per heavy atom. The Labute approximate surface area is 117 Å². The fraction of sp³-hybridized carbons (Fsp3) is 0.667. The molecule has 2 aliphatic rings. The van der Waals surface area contributed by atoms with Crippen molar-refractivity contribution in [3.05, 3.63) is 34.9 Å². The van der Waals surface area contributed by atoms with E-state index in [1.54, 1.807) is 11.1 Å². The normalized spacial score (nSPS) is 30.3. The van der Waals surface area contributed by atoms with Crippen molar-refractivity contribution < 1.29 is 0 Å². The summed E-state index contributed by atoms with van der Waals surface area (Å²) >= 11 is 0. The van der Waals surface area contributed by atoms with E-state index >= 15 is 0 Å². The lowest BCUT2D eigenvalue weighted by molar-refractivity contribution is 0.163. The number of aryl methyl sites for hydroxylation is 2. The molecule has 2 aliphatic carbocycles. The molecule has 0 bridgehead atoms. The molecular formula is C18H27N. The van der Waals surface area contributed by atoms with Gasteiger partial charge >= 0.3 is 0 Å². The lowest BCUT2D eigenvalue weighted by atomic mass is 9.68. The van der Waals surface area contributed by atoms with Crippen molar-refractivity contribution in [1.29, 1.82) is 0 Å². The van der Waals surface area contributed by atoms with Crippen LogP contribution in [0.5, 0.6) is 0 Å². The summed E-state index contributed by atoms with van der Waals surface area (Å²) in [5, 5.41) is 0. The highest BCUT2D eigenvalue weighted by Gasteiger charge is 2.33. The largest absolute Gasteiger partial charge is 0.330 e. The third-order valence-electron chi connectivity index (χ3n) is 5.51. The molecule has 3 rings (SSSR count). The molecule has 1 fully saturated rings.